The van der Waals surface area contributed by atoms with E-state index in [1.807, 2.05) is 48.5 Å². The van der Waals surface area contributed by atoms with E-state index in [-0.39, 0.29) is 6.61 Å². The van der Waals surface area contributed by atoms with Crippen LogP contribution in [-0.2, 0) is 35.5 Å². The minimum Gasteiger partial charge on any atom is -0.459 e. The Morgan fingerprint density at radius 1 is 0.865 bits per heavy atom. The standard InChI is InChI=1S/C28H19Cl4NO4/c1-14(26(36)37-13-15-10-11-16(29)12-21(15)30)33-24(34)22-23(25(33)35)28(32)18-7-3-2-6-17(18)27(22,31)19-8-4-5-9-20(19)28/h2-12,14,22-23H,13H2,1H3/t14-,22-,23-,27?,28?/m1/s1. The lowest BCUT2D eigenvalue weighted by molar-refractivity contribution is -0.159. The molecule has 3 aromatic carbocycles. The third-order valence-corrected chi connectivity index (χ3v) is 9.60. The SMILES string of the molecule is C[C@H](C(=O)OCc1ccc(Cl)cc1Cl)N1C(=O)[C@H]2[C@H](C1=O)C1(Cl)c3ccccc3C2(Cl)c2ccccc21. The molecule has 1 aliphatic heterocycles. The normalized spacial score (nSPS) is 28.0. The van der Waals surface area contributed by atoms with Crippen LogP contribution in [-0.4, -0.2) is 28.7 Å². The van der Waals surface area contributed by atoms with Crippen LogP contribution in [0.2, 0.25) is 10.0 Å². The van der Waals surface area contributed by atoms with E-state index in [0.717, 1.165) is 4.90 Å². The number of esters is 1. The summed E-state index contributed by atoms with van der Waals surface area (Å²) in [7, 11) is 0. The lowest BCUT2D eigenvalue weighted by Gasteiger charge is -2.54. The number of likely N-dealkylation sites (tertiary alicyclic amines) is 1. The molecule has 1 heterocycles. The molecule has 188 valence electrons. The summed E-state index contributed by atoms with van der Waals surface area (Å²) in [5, 5.41) is 0.790. The van der Waals surface area contributed by atoms with Crippen molar-refractivity contribution < 1.29 is 19.1 Å². The first kappa shape index (κ1) is 24.7. The van der Waals surface area contributed by atoms with E-state index in [1.165, 1.54) is 6.92 Å². The Balaban J connectivity index is 1.37. The topological polar surface area (TPSA) is 63.7 Å². The highest BCUT2D eigenvalue weighted by molar-refractivity contribution is 6.36. The average molecular weight is 575 g/mol. The molecule has 3 aromatic rings. The van der Waals surface area contributed by atoms with Crippen molar-refractivity contribution in [3.05, 3.63) is 105 Å². The number of hydrogen-bond donors (Lipinski definition) is 0. The van der Waals surface area contributed by atoms with Gasteiger partial charge in [0.15, 0.2) is 0 Å². The Morgan fingerprint density at radius 2 is 1.32 bits per heavy atom. The van der Waals surface area contributed by atoms with Gasteiger partial charge in [0.25, 0.3) is 0 Å². The lowest BCUT2D eigenvalue weighted by atomic mass is 9.54. The minimum atomic E-state index is -1.31. The number of imide groups is 1. The Labute approximate surface area is 233 Å². The largest absolute Gasteiger partial charge is 0.459 e. The molecule has 4 aliphatic rings. The van der Waals surface area contributed by atoms with Gasteiger partial charge in [-0.3, -0.25) is 14.5 Å². The van der Waals surface area contributed by atoms with Crippen LogP contribution in [0.25, 0.3) is 0 Å². The van der Waals surface area contributed by atoms with Crippen molar-refractivity contribution in [2.24, 2.45) is 11.8 Å². The third-order valence-electron chi connectivity index (χ3n) is 7.73. The summed E-state index contributed by atoms with van der Waals surface area (Å²) in [6.45, 7) is 1.32. The van der Waals surface area contributed by atoms with E-state index in [4.69, 9.17) is 51.1 Å². The zero-order chi connectivity index (χ0) is 26.3. The molecule has 7 rings (SSSR count). The molecule has 3 atom stereocenters. The number of halogens is 4. The fourth-order valence-corrected chi connectivity index (χ4v) is 7.64. The van der Waals surface area contributed by atoms with Crippen molar-refractivity contribution in [3.63, 3.8) is 0 Å². The van der Waals surface area contributed by atoms with Crippen LogP contribution >= 0.6 is 46.4 Å². The Morgan fingerprint density at radius 3 is 1.76 bits per heavy atom. The maximum Gasteiger partial charge on any atom is 0.329 e. The molecule has 1 fully saturated rings. The molecule has 0 saturated carbocycles. The number of rotatable bonds is 4. The first-order valence-corrected chi connectivity index (χ1v) is 13.2. The quantitative estimate of drug-likeness (QED) is 0.217. The van der Waals surface area contributed by atoms with E-state index >= 15 is 0 Å². The molecule has 9 heteroatoms. The van der Waals surface area contributed by atoms with Crippen molar-refractivity contribution in [2.45, 2.75) is 29.3 Å². The number of ether oxygens (including phenoxy) is 1. The molecule has 0 spiro atoms. The number of alkyl halides is 2. The molecule has 5 nitrogen and oxygen atoms in total. The molecule has 0 aromatic heterocycles. The van der Waals surface area contributed by atoms with E-state index < -0.39 is 45.4 Å². The van der Waals surface area contributed by atoms with Crippen molar-refractivity contribution in [1.29, 1.82) is 0 Å². The van der Waals surface area contributed by atoms with Crippen LogP contribution in [0, 0.1) is 11.8 Å². The van der Waals surface area contributed by atoms with Crippen molar-refractivity contribution in [1.82, 2.24) is 4.90 Å². The van der Waals surface area contributed by atoms with Gasteiger partial charge in [0.2, 0.25) is 11.8 Å². The summed E-state index contributed by atoms with van der Waals surface area (Å²) in [6.07, 6.45) is 0. The van der Waals surface area contributed by atoms with Gasteiger partial charge in [0.05, 0.1) is 11.8 Å². The third kappa shape index (κ3) is 3.21. The van der Waals surface area contributed by atoms with E-state index in [0.29, 0.717) is 37.9 Å². The van der Waals surface area contributed by atoms with Crippen LogP contribution < -0.4 is 0 Å². The van der Waals surface area contributed by atoms with Gasteiger partial charge in [-0.1, -0.05) is 77.8 Å². The maximum atomic E-state index is 13.9. The van der Waals surface area contributed by atoms with Crippen LogP contribution in [0.5, 0.6) is 0 Å². The lowest BCUT2D eigenvalue weighted by Crippen LogP contribution is -2.57. The fourth-order valence-electron chi connectivity index (χ4n) is 6.08. The molecule has 0 N–H and O–H groups in total. The van der Waals surface area contributed by atoms with Gasteiger partial charge in [-0.2, -0.15) is 0 Å². The summed E-state index contributed by atoms with van der Waals surface area (Å²) in [5.41, 5.74) is 3.33. The first-order chi connectivity index (χ1) is 17.6. The van der Waals surface area contributed by atoms with Crippen LogP contribution in [0.3, 0.4) is 0 Å². The van der Waals surface area contributed by atoms with Crippen molar-refractivity contribution >= 4 is 64.2 Å². The number of carbonyl (C=O) groups excluding carboxylic acids is 3. The van der Waals surface area contributed by atoms with Gasteiger partial charge >= 0.3 is 5.97 Å². The second kappa shape index (κ2) is 8.47. The van der Waals surface area contributed by atoms with Gasteiger partial charge in [-0.15, -0.1) is 23.2 Å². The summed E-state index contributed by atoms with van der Waals surface area (Å²) in [4.78, 5) is 39.3. The predicted octanol–water partition coefficient (Wildman–Crippen LogP) is 6.02. The molecule has 0 radical (unpaired) electrons. The molecule has 1 saturated heterocycles. The first-order valence-electron chi connectivity index (χ1n) is 11.7. The summed E-state index contributed by atoms with van der Waals surface area (Å²) in [6, 6.07) is 18.3. The second-order valence-corrected chi connectivity index (χ2v) is 11.6. The fraction of sp³-hybridized carbons (Fsp3) is 0.250. The Hall–Kier alpha value is -2.57. The molecule has 0 unspecified atom stereocenters. The number of benzene rings is 3. The molecule has 3 aliphatic carbocycles. The highest BCUT2D eigenvalue weighted by atomic mass is 35.5. The number of nitrogens with zero attached hydrogens (tertiary/aromatic N) is 1. The van der Waals surface area contributed by atoms with Crippen LogP contribution in [0.15, 0.2) is 66.7 Å². The Bertz CT molecular complexity index is 1380. The predicted molar refractivity (Wildman–Crippen MR) is 141 cm³/mol. The Kier molecular flexibility index (Phi) is 5.67. The summed E-state index contributed by atoms with van der Waals surface area (Å²) < 4.78 is 5.44. The number of carbonyl (C=O) groups is 3. The van der Waals surface area contributed by atoms with Gasteiger partial charge in [-0.25, -0.2) is 4.79 Å². The smallest absolute Gasteiger partial charge is 0.329 e. The summed E-state index contributed by atoms with van der Waals surface area (Å²) in [5.74, 6) is -3.81. The van der Waals surface area contributed by atoms with Crippen LogP contribution in [0.1, 0.15) is 34.7 Å². The maximum absolute atomic E-state index is 13.9. The van der Waals surface area contributed by atoms with Crippen LogP contribution in [0.4, 0.5) is 0 Å². The highest BCUT2D eigenvalue weighted by Crippen LogP contribution is 2.69. The van der Waals surface area contributed by atoms with E-state index in [9.17, 15) is 14.4 Å². The summed E-state index contributed by atoms with van der Waals surface area (Å²) >= 11 is 26.9. The van der Waals surface area contributed by atoms with Gasteiger partial charge in [0, 0.05) is 15.6 Å². The molecular weight excluding hydrogens is 556 g/mol. The van der Waals surface area contributed by atoms with Gasteiger partial charge in [0.1, 0.15) is 22.4 Å². The molecule has 37 heavy (non-hydrogen) atoms. The van der Waals surface area contributed by atoms with Gasteiger partial charge < -0.3 is 4.74 Å². The monoisotopic (exact) mass is 573 g/mol. The van der Waals surface area contributed by atoms with E-state index in [1.54, 1.807) is 18.2 Å². The zero-order valence-corrected chi connectivity index (χ0v) is 22.4. The van der Waals surface area contributed by atoms with Crippen molar-refractivity contribution in [3.8, 4) is 0 Å². The van der Waals surface area contributed by atoms with Crippen molar-refractivity contribution in [2.75, 3.05) is 0 Å². The zero-order valence-electron chi connectivity index (χ0n) is 19.4. The molecule has 2 bridgehead atoms. The average Bonchev–Trinajstić information content (AvgIpc) is 3.17. The second-order valence-electron chi connectivity index (χ2n) is 9.54. The van der Waals surface area contributed by atoms with E-state index in [2.05, 4.69) is 0 Å². The highest BCUT2D eigenvalue weighted by Gasteiger charge is 2.73. The molecular formula is C28H19Cl4NO4. The number of amides is 2. The van der Waals surface area contributed by atoms with Gasteiger partial charge in [-0.05, 0) is 41.3 Å². The minimum absolute atomic E-state index is 0.141. The molecule has 2 amide bonds. The number of hydrogen-bond acceptors (Lipinski definition) is 4.